The lowest BCUT2D eigenvalue weighted by Crippen LogP contribution is -2.22. The highest BCUT2D eigenvalue weighted by atomic mass is 32.2. The van der Waals surface area contributed by atoms with E-state index in [9.17, 15) is 0 Å². The lowest BCUT2D eigenvalue weighted by molar-refractivity contribution is 0.679. The number of rotatable bonds is 3. The van der Waals surface area contributed by atoms with Gasteiger partial charge in [-0.3, -0.25) is 0 Å². The van der Waals surface area contributed by atoms with Crippen LogP contribution in [0.5, 0.6) is 0 Å². The summed E-state index contributed by atoms with van der Waals surface area (Å²) in [6.45, 7) is 0. The number of nitrogens with zero attached hydrogens (tertiary/aromatic N) is 6. The van der Waals surface area contributed by atoms with Crippen LogP contribution in [0.25, 0.3) is 20.9 Å². The lowest BCUT2D eigenvalue weighted by Gasteiger charge is -2.15. The highest BCUT2D eigenvalue weighted by molar-refractivity contribution is 7.99. The van der Waals surface area contributed by atoms with Crippen LogP contribution in [0.1, 0.15) is 12.8 Å². The van der Waals surface area contributed by atoms with E-state index in [2.05, 4.69) is 20.1 Å². The molecule has 0 amide bonds. The van der Waals surface area contributed by atoms with Crippen molar-refractivity contribution in [2.24, 2.45) is 10.2 Å². The predicted octanol–water partition coefficient (Wildman–Crippen LogP) is 2.87. The zero-order chi connectivity index (χ0) is 9.68. The first-order chi connectivity index (χ1) is 6.33. The molecule has 7 heteroatoms. The fourth-order valence-corrected chi connectivity index (χ4v) is 2.63. The molecule has 13 heavy (non-hydrogen) atoms. The average molecular weight is 198 g/mol. The molecule has 2 atom stereocenters. The van der Waals surface area contributed by atoms with Gasteiger partial charge in [0, 0.05) is 27.2 Å². The molecule has 1 aliphatic carbocycles. The largest absolute Gasteiger partial charge is 0.161 e. The first-order valence-corrected chi connectivity index (χ1v) is 5.23. The Morgan fingerprint density at radius 3 is 1.92 bits per heavy atom. The number of azide groups is 2. The molecule has 0 aliphatic heterocycles. The molecule has 1 saturated carbocycles. The minimum atomic E-state index is -0.0181. The van der Waals surface area contributed by atoms with Gasteiger partial charge in [-0.1, -0.05) is 10.2 Å². The Bertz CT molecular complexity index is 240. The van der Waals surface area contributed by atoms with Crippen molar-refractivity contribution in [2.75, 3.05) is 6.26 Å². The van der Waals surface area contributed by atoms with E-state index in [0.717, 1.165) is 12.8 Å². The van der Waals surface area contributed by atoms with Crippen molar-refractivity contribution < 1.29 is 0 Å². The zero-order valence-corrected chi connectivity index (χ0v) is 8.05. The molecule has 0 saturated heterocycles. The highest BCUT2D eigenvalue weighted by Crippen LogP contribution is 2.33. The molecule has 0 N–H and O–H groups in total. The molecule has 0 aromatic heterocycles. The minimum absolute atomic E-state index is 0.0181. The van der Waals surface area contributed by atoms with Crippen LogP contribution in [0.3, 0.4) is 0 Å². The number of hydrogen-bond donors (Lipinski definition) is 0. The molecule has 0 radical (unpaired) electrons. The standard InChI is InChI=1S/C6H10N6S/c1-13-6-4(9-11-7)2-3-5(6)10-12-8/h4-6H,2-3H2,1H3/t4-,5-/m0/s1. The Hall–Kier alpha value is -1.03. The van der Waals surface area contributed by atoms with E-state index in [1.165, 1.54) is 0 Å². The van der Waals surface area contributed by atoms with Gasteiger partial charge < -0.3 is 0 Å². The van der Waals surface area contributed by atoms with Crippen molar-refractivity contribution in [1.82, 2.24) is 0 Å². The third kappa shape index (κ3) is 2.21. The van der Waals surface area contributed by atoms with Crippen LogP contribution in [0, 0.1) is 0 Å². The lowest BCUT2D eigenvalue weighted by atomic mass is 10.2. The Labute approximate surface area is 79.9 Å². The molecule has 0 heterocycles. The van der Waals surface area contributed by atoms with Gasteiger partial charge in [-0.2, -0.15) is 11.8 Å². The molecule has 1 rings (SSSR count). The molecule has 1 fully saturated rings. The van der Waals surface area contributed by atoms with Gasteiger partial charge in [0.1, 0.15) is 0 Å². The van der Waals surface area contributed by atoms with Crippen molar-refractivity contribution in [3.05, 3.63) is 20.9 Å². The molecule has 1 aliphatic rings. The summed E-state index contributed by atoms with van der Waals surface area (Å²) in [6, 6.07) is -0.0361. The maximum atomic E-state index is 8.30. The van der Waals surface area contributed by atoms with E-state index in [-0.39, 0.29) is 17.3 Å². The molecule has 0 spiro atoms. The number of thioether (sulfide) groups is 1. The summed E-state index contributed by atoms with van der Waals surface area (Å²) < 4.78 is 0. The third-order valence-corrected chi connectivity index (χ3v) is 3.36. The summed E-state index contributed by atoms with van der Waals surface area (Å²) in [6.07, 6.45) is 3.58. The molecule has 0 unspecified atom stereocenters. The highest BCUT2D eigenvalue weighted by Gasteiger charge is 2.34. The van der Waals surface area contributed by atoms with E-state index >= 15 is 0 Å². The summed E-state index contributed by atoms with van der Waals surface area (Å²) >= 11 is 1.60. The van der Waals surface area contributed by atoms with Gasteiger partial charge in [-0.15, -0.1) is 0 Å². The summed E-state index contributed by atoms with van der Waals surface area (Å²) in [4.78, 5) is 5.57. The van der Waals surface area contributed by atoms with Gasteiger partial charge in [0.15, 0.2) is 0 Å². The monoisotopic (exact) mass is 198 g/mol. The summed E-state index contributed by atoms with van der Waals surface area (Å²) in [5.74, 6) is 0. The second-order valence-corrected chi connectivity index (χ2v) is 3.84. The van der Waals surface area contributed by atoms with E-state index < -0.39 is 0 Å². The molecular weight excluding hydrogens is 188 g/mol. The van der Waals surface area contributed by atoms with Crippen LogP contribution in [-0.4, -0.2) is 23.6 Å². The summed E-state index contributed by atoms with van der Waals surface area (Å²) in [5.41, 5.74) is 16.6. The average Bonchev–Trinajstić information content (AvgIpc) is 2.49. The van der Waals surface area contributed by atoms with Gasteiger partial charge in [-0.05, 0) is 30.2 Å². The zero-order valence-electron chi connectivity index (χ0n) is 7.24. The summed E-state index contributed by atoms with van der Waals surface area (Å²) in [7, 11) is 0. The van der Waals surface area contributed by atoms with Gasteiger partial charge in [0.25, 0.3) is 0 Å². The van der Waals surface area contributed by atoms with Crippen molar-refractivity contribution >= 4 is 11.8 Å². The minimum Gasteiger partial charge on any atom is -0.161 e. The van der Waals surface area contributed by atoms with E-state index in [1.807, 2.05) is 6.26 Å². The summed E-state index contributed by atoms with van der Waals surface area (Å²) in [5, 5.41) is 7.51. The molecule has 6 nitrogen and oxygen atoms in total. The molecule has 0 aromatic carbocycles. The quantitative estimate of drug-likeness (QED) is 0.389. The van der Waals surface area contributed by atoms with Gasteiger partial charge in [0.05, 0.1) is 0 Å². The maximum absolute atomic E-state index is 8.30. The first kappa shape index (κ1) is 10.1. The van der Waals surface area contributed by atoms with Crippen LogP contribution < -0.4 is 0 Å². The topological polar surface area (TPSA) is 97.5 Å². The Kier molecular flexibility index (Phi) is 3.76. The second kappa shape index (κ2) is 4.87. The smallest absolute Gasteiger partial charge is 0.0496 e. The predicted molar refractivity (Wildman–Crippen MR) is 52.4 cm³/mol. The Morgan fingerprint density at radius 2 is 1.62 bits per heavy atom. The molecule has 70 valence electrons. The van der Waals surface area contributed by atoms with Crippen LogP contribution in [-0.2, 0) is 0 Å². The van der Waals surface area contributed by atoms with E-state index in [0.29, 0.717) is 0 Å². The van der Waals surface area contributed by atoms with Crippen molar-refractivity contribution in [1.29, 1.82) is 0 Å². The Morgan fingerprint density at radius 1 is 1.15 bits per heavy atom. The Balaban J connectivity index is 2.73. The molecule has 0 bridgehead atoms. The van der Waals surface area contributed by atoms with E-state index in [1.54, 1.807) is 11.8 Å². The normalized spacial score (nSPS) is 31.9. The van der Waals surface area contributed by atoms with Gasteiger partial charge in [-0.25, -0.2) is 0 Å². The SMILES string of the molecule is CSC1[C@@H](N=[N+]=[N-])CC[C@@H]1N=[N+]=[N-]. The van der Waals surface area contributed by atoms with Crippen LogP contribution in [0.15, 0.2) is 10.2 Å². The van der Waals surface area contributed by atoms with Crippen LogP contribution in [0.4, 0.5) is 0 Å². The third-order valence-electron chi connectivity index (χ3n) is 2.19. The van der Waals surface area contributed by atoms with Crippen molar-refractivity contribution in [3.63, 3.8) is 0 Å². The first-order valence-electron chi connectivity index (χ1n) is 3.94. The fourth-order valence-electron chi connectivity index (χ4n) is 1.62. The van der Waals surface area contributed by atoms with Gasteiger partial charge >= 0.3 is 0 Å². The van der Waals surface area contributed by atoms with Crippen molar-refractivity contribution in [2.45, 2.75) is 30.2 Å². The maximum Gasteiger partial charge on any atom is 0.0496 e. The van der Waals surface area contributed by atoms with E-state index in [4.69, 9.17) is 11.1 Å². The molecule has 0 aromatic rings. The molecular formula is C6H10N6S. The fraction of sp³-hybridized carbons (Fsp3) is 1.00. The second-order valence-electron chi connectivity index (χ2n) is 2.82. The van der Waals surface area contributed by atoms with Crippen LogP contribution in [0.2, 0.25) is 0 Å². The van der Waals surface area contributed by atoms with Crippen molar-refractivity contribution in [3.8, 4) is 0 Å². The van der Waals surface area contributed by atoms with Gasteiger partial charge in [0.2, 0.25) is 0 Å². The number of hydrogen-bond acceptors (Lipinski definition) is 3. The van der Waals surface area contributed by atoms with Crippen LogP contribution >= 0.6 is 11.8 Å².